The van der Waals surface area contributed by atoms with Gasteiger partial charge in [-0.25, -0.2) is 4.98 Å². The van der Waals surface area contributed by atoms with Gasteiger partial charge >= 0.3 is 0 Å². The first-order chi connectivity index (χ1) is 9.76. The topological polar surface area (TPSA) is 68.3 Å². The third-order valence-electron chi connectivity index (χ3n) is 2.80. The monoisotopic (exact) mass is 274 g/mol. The van der Waals surface area contributed by atoms with Crippen LogP contribution in [0.1, 0.15) is 5.56 Å². The Morgan fingerprint density at radius 1 is 1.10 bits per heavy atom. The summed E-state index contributed by atoms with van der Waals surface area (Å²) < 4.78 is 10.5. The van der Waals surface area contributed by atoms with E-state index in [0.29, 0.717) is 18.2 Å². The number of nitrogens with one attached hydrogen (secondary N) is 2. The van der Waals surface area contributed by atoms with Gasteiger partial charge in [0.05, 0.1) is 14.2 Å². The Balaban J connectivity index is 2.06. The molecule has 2 aromatic rings. The fourth-order valence-corrected chi connectivity index (χ4v) is 1.76. The SMILES string of the molecule is CNc1nccc(NCc2ccc(OC)c(OC)c2)n1. The maximum Gasteiger partial charge on any atom is 0.224 e. The minimum absolute atomic E-state index is 0.585. The Kier molecular flexibility index (Phi) is 4.60. The molecule has 0 aliphatic carbocycles. The van der Waals surface area contributed by atoms with E-state index < -0.39 is 0 Å². The minimum atomic E-state index is 0.585. The van der Waals surface area contributed by atoms with E-state index in [1.165, 1.54) is 0 Å². The molecule has 0 saturated heterocycles. The van der Waals surface area contributed by atoms with E-state index in [1.807, 2.05) is 24.3 Å². The third-order valence-corrected chi connectivity index (χ3v) is 2.80. The molecule has 2 rings (SSSR count). The number of methoxy groups -OCH3 is 2. The lowest BCUT2D eigenvalue weighted by Gasteiger charge is -2.11. The van der Waals surface area contributed by atoms with Crippen molar-refractivity contribution in [3.8, 4) is 11.5 Å². The van der Waals surface area contributed by atoms with E-state index in [-0.39, 0.29) is 0 Å². The van der Waals surface area contributed by atoms with Crippen LogP contribution in [0.3, 0.4) is 0 Å². The highest BCUT2D eigenvalue weighted by molar-refractivity contribution is 5.45. The van der Waals surface area contributed by atoms with Crippen molar-refractivity contribution in [3.63, 3.8) is 0 Å². The number of rotatable bonds is 6. The van der Waals surface area contributed by atoms with Crippen LogP contribution in [0.4, 0.5) is 11.8 Å². The smallest absolute Gasteiger partial charge is 0.224 e. The summed E-state index contributed by atoms with van der Waals surface area (Å²) in [6, 6.07) is 7.62. The number of anilines is 2. The standard InChI is InChI=1S/C14H18N4O2/c1-15-14-16-7-6-13(18-14)17-9-10-4-5-11(19-2)12(8-10)20-3/h4-8H,9H2,1-3H3,(H2,15,16,17,18). The lowest BCUT2D eigenvalue weighted by Crippen LogP contribution is -2.04. The van der Waals surface area contributed by atoms with Gasteiger partial charge in [-0.15, -0.1) is 0 Å². The van der Waals surface area contributed by atoms with Crippen LogP contribution < -0.4 is 20.1 Å². The van der Waals surface area contributed by atoms with Gasteiger partial charge in [0.2, 0.25) is 5.95 Å². The summed E-state index contributed by atoms with van der Waals surface area (Å²) in [6.07, 6.45) is 1.70. The molecule has 106 valence electrons. The zero-order chi connectivity index (χ0) is 14.4. The maximum absolute atomic E-state index is 5.28. The van der Waals surface area contributed by atoms with Crippen LogP contribution in [0.25, 0.3) is 0 Å². The van der Waals surface area contributed by atoms with E-state index >= 15 is 0 Å². The zero-order valence-electron chi connectivity index (χ0n) is 11.8. The Morgan fingerprint density at radius 3 is 2.60 bits per heavy atom. The quantitative estimate of drug-likeness (QED) is 0.841. The molecule has 0 aliphatic rings. The summed E-state index contributed by atoms with van der Waals surface area (Å²) in [5.74, 6) is 2.78. The number of benzene rings is 1. The first-order valence-corrected chi connectivity index (χ1v) is 6.22. The Hall–Kier alpha value is -2.50. The molecule has 6 nitrogen and oxygen atoms in total. The van der Waals surface area contributed by atoms with Crippen LogP contribution in [-0.4, -0.2) is 31.2 Å². The van der Waals surface area contributed by atoms with E-state index in [9.17, 15) is 0 Å². The lowest BCUT2D eigenvalue weighted by molar-refractivity contribution is 0.354. The van der Waals surface area contributed by atoms with Gasteiger partial charge in [-0.05, 0) is 23.8 Å². The minimum Gasteiger partial charge on any atom is -0.493 e. The summed E-state index contributed by atoms with van der Waals surface area (Å²) in [5, 5.41) is 6.14. The molecule has 0 radical (unpaired) electrons. The van der Waals surface area contributed by atoms with E-state index in [0.717, 1.165) is 17.1 Å². The van der Waals surface area contributed by atoms with Crippen molar-refractivity contribution in [2.24, 2.45) is 0 Å². The highest BCUT2D eigenvalue weighted by Crippen LogP contribution is 2.27. The van der Waals surface area contributed by atoms with Gasteiger partial charge < -0.3 is 20.1 Å². The van der Waals surface area contributed by atoms with Crippen LogP contribution >= 0.6 is 0 Å². The van der Waals surface area contributed by atoms with Crippen molar-refractivity contribution >= 4 is 11.8 Å². The molecule has 0 saturated carbocycles. The van der Waals surface area contributed by atoms with Crippen molar-refractivity contribution in [2.45, 2.75) is 6.54 Å². The third kappa shape index (κ3) is 3.28. The normalized spacial score (nSPS) is 9.95. The van der Waals surface area contributed by atoms with Gasteiger partial charge in [-0.3, -0.25) is 0 Å². The first kappa shape index (κ1) is 13.9. The predicted octanol–water partition coefficient (Wildman–Crippen LogP) is 2.15. The Bertz CT molecular complexity index is 575. The summed E-state index contributed by atoms with van der Waals surface area (Å²) in [4.78, 5) is 8.36. The molecule has 1 aromatic heterocycles. The second kappa shape index (κ2) is 6.60. The molecule has 0 amide bonds. The van der Waals surface area contributed by atoms with Gasteiger partial charge in [0.25, 0.3) is 0 Å². The highest BCUT2D eigenvalue weighted by atomic mass is 16.5. The summed E-state index contributed by atoms with van der Waals surface area (Å²) in [5.41, 5.74) is 1.08. The molecule has 0 bridgehead atoms. The van der Waals surface area contributed by atoms with Crippen molar-refractivity contribution in [2.75, 3.05) is 31.9 Å². The largest absolute Gasteiger partial charge is 0.493 e. The molecule has 0 unspecified atom stereocenters. The molecule has 6 heteroatoms. The summed E-state index contributed by atoms with van der Waals surface area (Å²) in [7, 11) is 5.03. The van der Waals surface area contributed by atoms with E-state index in [2.05, 4.69) is 20.6 Å². The number of ether oxygens (including phenoxy) is 2. The molecular formula is C14H18N4O2. The van der Waals surface area contributed by atoms with Crippen molar-refractivity contribution in [1.29, 1.82) is 0 Å². The number of nitrogens with zero attached hydrogens (tertiary/aromatic N) is 2. The predicted molar refractivity (Wildman–Crippen MR) is 78.5 cm³/mol. The van der Waals surface area contributed by atoms with Crippen LogP contribution in [0.5, 0.6) is 11.5 Å². The highest BCUT2D eigenvalue weighted by Gasteiger charge is 2.04. The summed E-state index contributed by atoms with van der Waals surface area (Å²) in [6.45, 7) is 0.639. The van der Waals surface area contributed by atoms with Crippen LogP contribution in [0.15, 0.2) is 30.5 Å². The molecule has 1 heterocycles. The van der Waals surface area contributed by atoms with Gasteiger partial charge in [0.1, 0.15) is 5.82 Å². The van der Waals surface area contributed by atoms with Gasteiger partial charge in [-0.1, -0.05) is 6.07 Å². The molecular weight excluding hydrogens is 256 g/mol. The molecule has 1 aromatic carbocycles. The number of aromatic nitrogens is 2. The van der Waals surface area contributed by atoms with Crippen molar-refractivity contribution in [1.82, 2.24) is 9.97 Å². The van der Waals surface area contributed by atoms with Crippen LogP contribution in [0, 0.1) is 0 Å². The molecule has 0 spiro atoms. The average molecular weight is 274 g/mol. The number of hydrogen-bond acceptors (Lipinski definition) is 6. The average Bonchev–Trinajstić information content (AvgIpc) is 2.52. The molecule has 0 atom stereocenters. The lowest BCUT2D eigenvalue weighted by atomic mass is 10.2. The second-order valence-corrected chi connectivity index (χ2v) is 4.06. The Morgan fingerprint density at radius 2 is 1.90 bits per heavy atom. The first-order valence-electron chi connectivity index (χ1n) is 6.22. The fraction of sp³-hybridized carbons (Fsp3) is 0.286. The van der Waals surface area contributed by atoms with Gasteiger partial charge in [0.15, 0.2) is 11.5 Å². The Labute approximate surface area is 118 Å². The maximum atomic E-state index is 5.28. The fourth-order valence-electron chi connectivity index (χ4n) is 1.76. The molecule has 0 fully saturated rings. The number of hydrogen-bond donors (Lipinski definition) is 2. The van der Waals surface area contributed by atoms with Crippen LogP contribution in [-0.2, 0) is 6.54 Å². The molecule has 0 aliphatic heterocycles. The van der Waals surface area contributed by atoms with E-state index in [1.54, 1.807) is 27.5 Å². The van der Waals surface area contributed by atoms with E-state index in [4.69, 9.17) is 9.47 Å². The summed E-state index contributed by atoms with van der Waals surface area (Å²) >= 11 is 0. The van der Waals surface area contributed by atoms with Crippen molar-refractivity contribution in [3.05, 3.63) is 36.0 Å². The zero-order valence-corrected chi connectivity index (χ0v) is 11.8. The van der Waals surface area contributed by atoms with Crippen LogP contribution in [0.2, 0.25) is 0 Å². The van der Waals surface area contributed by atoms with Gasteiger partial charge in [0, 0.05) is 19.8 Å². The van der Waals surface area contributed by atoms with Crippen molar-refractivity contribution < 1.29 is 9.47 Å². The molecule has 2 N–H and O–H groups in total. The second-order valence-electron chi connectivity index (χ2n) is 4.06. The van der Waals surface area contributed by atoms with Gasteiger partial charge in [-0.2, -0.15) is 4.98 Å². The molecule has 20 heavy (non-hydrogen) atoms.